The molecule has 0 amide bonds. The van der Waals surface area contributed by atoms with Crippen molar-refractivity contribution in [3.63, 3.8) is 0 Å². The number of esters is 3. The van der Waals surface area contributed by atoms with Crippen LogP contribution in [-0.4, -0.2) is 31.5 Å². The molecule has 0 saturated carbocycles. The first-order chi connectivity index (χ1) is 18.9. The zero-order valence-corrected chi connectivity index (χ0v) is 20.8. The molecule has 8 heteroatoms. The van der Waals surface area contributed by atoms with Crippen LogP contribution in [0.1, 0.15) is 10.4 Å². The summed E-state index contributed by atoms with van der Waals surface area (Å²) in [6.45, 7) is 6.19. The van der Waals surface area contributed by atoms with E-state index >= 15 is 0 Å². The van der Waals surface area contributed by atoms with Gasteiger partial charge in [-0.2, -0.15) is 0 Å². The van der Waals surface area contributed by atoms with Gasteiger partial charge in [0.25, 0.3) is 0 Å². The maximum atomic E-state index is 12.7. The highest BCUT2D eigenvalue weighted by atomic mass is 16.7. The highest BCUT2D eigenvalue weighted by Gasteiger charge is 2.11. The van der Waals surface area contributed by atoms with E-state index < -0.39 is 17.9 Å². The Hall–Kier alpha value is -5.37. The number of carbonyl (C=O) groups excluding carboxylic acids is 3. The summed E-state index contributed by atoms with van der Waals surface area (Å²) in [6, 6.07) is 25.0. The monoisotopic (exact) mass is 524 g/mol. The molecule has 0 atom stereocenters. The normalized spacial score (nSPS) is 10.3. The van der Waals surface area contributed by atoms with E-state index in [2.05, 4.69) is 13.2 Å². The van der Waals surface area contributed by atoms with Crippen molar-refractivity contribution < 1.29 is 38.1 Å². The molecule has 0 radical (unpaired) electrons. The molecule has 0 aliphatic carbocycles. The third-order valence-electron chi connectivity index (χ3n) is 5.48. The smallest absolute Gasteiger partial charge is 0.343 e. The summed E-state index contributed by atoms with van der Waals surface area (Å²) in [5.41, 5.74) is 2.37. The molecule has 0 aliphatic heterocycles. The van der Waals surface area contributed by atoms with Crippen LogP contribution in [0.25, 0.3) is 21.9 Å². The molecule has 196 valence electrons. The van der Waals surface area contributed by atoms with Crippen LogP contribution in [0.15, 0.2) is 110 Å². The molecule has 0 N–H and O–H groups in total. The average molecular weight is 525 g/mol. The first kappa shape index (κ1) is 26.7. The lowest BCUT2D eigenvalue weighted by molar-refractivity contribution is -0.145. The van der Waals surface area contributed by atoms with Crippen molar-refractivity contribution in [3.05, 3.63) is 116 Å². The summed E-state index contributed by atoms with van der Waals surface area (Å²) >= 11 is 0. The minimum absolute atomic E-state index is 0.195. The van der Waals surface area contributed by atoms with Crippen molar-refractivity contribution in [1.82, 2.24) is 0 Å². The fraction of sp³-hybridized carbons (Fsp3) is 0.0645. The number of rotatable bonds is 11. The lowest BCUT2D eigenvalue weighted by Gasteiger charge is -2.09. The Labute approximate surface area is 224 Å². The molecular formula is C31H24O8. The Morgan fingerprint density at radius 2 is 1.08 bits per heavy atom. The third-order valence-corrected chi connectivity index (χ3v) is 5.48. The summed E-state index contributed by atoms with van der Waals surface area (Å²) in [7, 11) is 0. The van der Waals surface area contributed by atoms with Crippen LogP contribution in [0.4, 0.5) is 0 Å². The van der Waals surface area contributed by atoms with Crippen LogP contribution in [0.3, 0.4) is 0 Å². The van der Waals surface area contributed by atoms with E-state index in [-0.39, 0.29) is 13.6 Å². The minimum atomic E-state index is -0.585. The second-order valence-corrected chi connectivity index (χ2v) is 8.02. The fourth-order valence-corrected chi connectivity index (χ4v) is 3.49. The van der Waals surface area contributed by atoms with Crippen LogP contribution < -0.4 is 14.2 Å². The van der Waals surface area contributed by atoms with Crippen LogP contribution in [0.2, 0.25) is 0 Å². The van der Waals surface area contributed by atoms with Gasteiger partial charge in [0, 0.05) is 12.2 Å². The number of ether oxygens (including phenoxy) is 5. The van der Waals surface area contributed by atoms with Gasteiger partial charge in [-0.15, -0.1) is 0 Å². The Bertz CT molecular complexity index is 1500. The fourth-order valence-electron chi connectivity index (χ4n) is 3.49. The summed E-state index contributed by atoms with van der Waals surface area (Å²) in [5.74, 6) is -0.273. The average Bonchev–Trinajstić information content (AvgIpc) is 2.97. The molecular weight excluding hydrogens is 500 g/mol. The molecule has 0 spiro atoms. The molecule has 0 aromatic heterocycles. The molecule has 39 heavy (non-hydrogen) atoms. The predicted octanol–water partition coefficient (Wildman–Crippen LogP) is 5.86. The van der Waals surface area contributed by atoms with Crippen molar-refractivity contribution in [2.45, 2.75) is 0 Å². The third kappa shape index (κ3) is 7.33. The number of hydrogen-bond acceptors (Lipinski definition) is 8. The molecule has 0 bridgehead atoms. The largest absolute Gasteiger partial charge is 0.457 e. The van der Waals surface area contributed by atoms with E-state index in [4.69, 9.17) is 23.7 Å². The van der Waals surface area contributed by atoms with Gasteiger partial charge in [-0.05, 0) is 76.5 Å². The summed E-state index contributed by atoms with van der Waals surface area (Å²) in [6.07, 6.45) is 2.12. The van der Waals surface area contributed by atoms with Crippen LogP contribution >= 0.6 is 0 Å². The van der Waals surface area contributed by atoms with Crippen LogP contribution in [0, 0.1) is 0 Å². The number of hydrogen-bond donors (Lipinski definition) is 0. The van der Waals surface area contributed by atoms with Gasteiger partial charge in [-0.1, -0.05) is 43.5 Å². The highest BCUT2D eigenvalue weighted by Crippen LogP contribution is 2.27. The summed E-state index contributed by atoms with van der Waals surface area (Å²) in [4.78, 5) is 34.8. The molecule has 4 aromatic rings. The first-order valence-electron chi connectivity index (χ1n) is 11.8. The lowest BCUT2D eigenvalue weighted by Crippen LogP contribution is -2.09. The molecule has 4 rings (SSSR count). The van der Waals surface area contributed by atoms with Crippen molar-refractivity contribution in [3.8, 4) is 28.4 Å². The van der Waals surface area contributed by atoms with E-state index in [1.54, 1.807) is 48.5 Å². The van der Waals surface area contributed by atoms with E-state index in [0.717, 1.165) is 34.1 Å². The molecule has 8 nitrogen and oxygen atoms in total. The van der Waals surface area contributed by atoms with Gasteiger partial charge in [0.2, 0.25) is 13.6 Å². The standard InChI is InChI=1S/C31H24O8/c1-3-29(32)37-19-35-26-11-9-21(10-12-26)22-5-6-24-18-25(8-7-23(24)17-22)31(34)39-28-15-13-27(14-16-28)36-20-38-30(33)4-2/h3-18H,1-2,19-20H2. The quantitative estimate of drug-likeness (QED) is 0.104. The maximum absolute atomic E-state index is 12.7. The zero-order chi connectivity index (χ0) is 27.6. The van der Waals surface area contributed by atoms with Gasteiger partial charge < -0.3 is 23.7 Å². The van der Waals surface area contributed by atoms with Crippen molar-refractivity contribution in [2.75, 3.05) is 13.6 Å². The van der Waals surface area contributed by atoms with Gasteiger partial charge in [0.1, 0.15) is 17.2 Å². The maximum Gasteiger partial charge on any atom is 0.343 e. The summed E-state index contributed by atoms with van der Waals surface area (Å²) < 4.78 is 25.7. The number of fused-ring (bicyclic) bond motifs is 1. The summed E-state index contributed by atoms with van der Waals surface area (Å²) in [5, 5.41) is 1.84. The van der Waals surface area contributed by atoms with E-state index in [9.17, 15) is 14.4 Å². The van der Waals surface area contributed by atoms with Crippen LogP contribution in [-0.2, 0) is 19.1 Å². The second kappa shape index (κ2) is 12.7. The second-order valence-electron chi connectivity index (χ2n) is 8.02. The predicted molar refractivity (Wildman–Crippen MR) is 144 cm³/mol. The molecule has 0 heterocycles. The van der Waals surface area contributed by atoms with E-state index in [0.29, 0.717) is 22.8 Å². The topological polar surface area (TPSA) is 97.4 Å². The van der Waals surface area contributed by atoms with Gasteiger partial charge in [-0.3, -0.25) is 0 Å². The Morgan fingerprint density at radius 1 is 0.590 bits per heavy atom. The zero-order valence-electron chi connectivity index (χ0n) is 20.8. The molecule has 4 aromatic carbocycles. The molecule has 0 aliphatic rings. The van der Waals surface area contributed by atoms with Gasteiger partial charge in [0.15, 0.2) is 0 Å². The molecule has 0 fully saturated rings. The van der Waals surface area contributed by atoms with Crippen LogP contribution in [0.5, 0.6) is 17.2 Å². The van der Waals surface area contributed by atoms with Crippen molar-refractivity contribution in [2.24, 2.45) is 0 Å². The molecule has 0 saturated heterocycles. The highest BCUT2D eigenvalue weighted by molar-refractivity contribution is 5.97. The Morgan fingerprint density at radius 3 is 1.67 bits per heavy atom. The lowest BCUT2D eigenvalue weighted by atomic mass is 10.00. The van der Waals surface area contributed by atoms with Crippen molar-refractivity contribution in [1.29, 1.82) is 0 Å². The van der Waals surface area contributed by atoms with Gasteiger partial charge in [0.05, 0.1) is 5.56 Å². The Balaban J connectivity index is 1.37. The minimum Gasteiger partial charge on any atom is -0.457 e. The van der Waals surface area contributed by atoms with Crippen molar-refractivity contribution >= 4 is 28.7 Å². The number of carbonyl (C=O) groups is 3. The van der Waals surface area contributed by atoms with E-state index in [1.807, 2.05) is 36.4 Å². The SMILES string of the molecule is C=CC(=O)OCOc1ccc(OC(=O)c2ccc3cc(-c4ccc(OCOC(=O)C=C)cc4)ccc3c2)cc1. The molecule has 0 unspecified atom stereocenters. The Kier molecular flexibility index (Phi) is 8.71. The number of benzene rings is 4. The first-order valence-corrected chi connectivity index (χ1v) is 11.8. The van der Waals surface area contributed by atoms with E-state index in [1.165, 1.54) is 0 Å². The van der Waals surface area contributed by atoms with Gasteiger partial charge >= 0.3 is 17.9 Å². The van der Waals surface area contributed by atoms with Gasteiger partial charge in [-0.25, -0.2) is 14.4 Å².